The lowest BCUT2D eigenvalue weighted by molar-refractivity contribution is -0.141. The minimum atomic E-state index is -4.42. The van der Waals surface area contributed by atoms with Gasteiger partial charge in [0.1, 0.15) is 40.5 Å². The van der Waals surface area contributed by atoms with Crippen molar-refractivity contribution in [2.45, 2.75) is 131 Å². The molecule has 5 amide bonds. The number of nitrogens with one attached hydrogen (secondary N) is 4. The van der Waals surface area contributed by atoms with Crippen LogP contribution in [-0.4, -0.2) is 91.0 Å². The molecule has 2 aliphatic carbocycles. The fraction of sp³-hybridized carbons (Fsp3) is 0.548. The van der Waals surface area contributed by atoms with Crippen LogP contribution in [0.15, 0.2) is 60.0 Å². The van der Waals surface area contributed by atoms with Crippen molar-refractivity contribution in [3.63, 3.8) is 0 Å². The number of anilines is 1. The smallest absolute Gasteiger partial charge is 0.410 e. The quantitative estimate of drug-likeness (QED) is 0.305. The number of rotatable bonds is 4. The van der Waals surface area contributed by atoms with Crippen LogP contribution in [0.4, 0.5) is 19.7 Å². The first-order valence-electron chi connectivity index (χ1n) is 20.7. The van der Waals surface area contributed by atoms with E-state index in [0.717, 1.165) is 57.8 Å². The predicted octanol–water partition coefficient (Wildman–Crippen LogP) is 5.01. The molecule has 2 aromatic rings. The first kappa shape index (κ1) is 42.0. The lowest BCUT2D eigenvalue weighted by Crippen LogP contribution is -2.58. The molecule has 0 unspecified atom stereocenters. The van der Waals surface area contributed by atoms with Gasteiger partial charge in [0, 0.05) is 31.0 Å². The average Bonchev–Trinajstić information content (AvgIpc) is 3.61. The van der Waals surface area contributed by atoms with Crippen molar-refractivity contribution in [2.24, 2.45) is 5.92 Å². The van der Waals surface area contributed by atoms with E-state index in [1.165, 1.54) is 28.0 Å². The number of alkyl carbamates (subject to hydrolysis) is 1. The van der Waals surface area contributed by atoms with E-state index in [2.05, 4.69) is 27.3 Å². The van der Waals surface area contributed by atoms with Crippen LogP contribution in [0.2, 0.25) is 0 Å². The number of benzene rings is 2. The summed E-state index contributed by atoms with van der Waals surface area (Å²) in [7, 11) is -4.42. The van der Waals surface area contributed by atoms with Crippen molar-refractivity contribution < 1.29 is 46.3 Å². The largest absolute Gasteiger partial charge is 0.446 e. The summed E-state index contributed by atoms with van der Waals surface area (Å²) in [5, 5.41) is 8.70. The molecule has 2 aromatic carbocycles. The molecule has 5 aliphatic rings. The van der Waals surface area contributed by atoms with Crippen LogP contribution in [0, 0.1) is 11.7 Å². The van der Waals surface area contributed by atoms with E-state index in [9.17, 15) is 36.8 Å². The van der Waals surface area contributed by atoms with E-state index in [1.807, 2.05) is 0 Å². The van der Waals surface area contributed by atoms with Gasteiger partial charge in [-0.25, -0.2) is 27.1 Å². The van der Waals surface area contributed by atoms with Crippen LogP contribution < -0.4 is 20.7 Å². The fourth-order valence-corrected chi connectivity index (χ4v) is 9.97. The second kappa shape index (κ2) is 18.0. The SMILES string of the molecule is C=C[C@@H]1C[C@@]12NC(=O)[C@@H]1C[C@@H](OC(=O)N3Cc4cccc(F)c4C3)CN1C(=O)[C@@H](NC(=O)OC1CCCC1)CCCCCCCCNc1ccccc1S(=O)(=O)NC2=O. The number of amides is 5. The molecule has 5 atom stereocenters. The molecule has 2 saturated carbocycles. The van der Waals surface area contributed by atoms with Gasteiger partial charge in [-0.1, -0.05) is 62.4 Å². The molecule has 318 valence electrons. The molecular formula is C42H53FN6O9S. The maximum atomic E-state index is 14.6. The Morgan fingerprint density at radius 2 is 1.63 bits per heavy atom. The van der Waals surface area contributed by atoms with E-state index in [1.54, 1.807) is 30.3 Å². The van der Waals surface area contributed by atoms with E-state index < -0.39 is 75.4 Å². The Balaban J connectivity index is 1.15. The highest BCUT2D eigenvalue weighted by atomic mass is 32.2. The van der Waals surface area contributed by atoms with Gasteiger partial charge in [-0.3, -0.25) is 19.3 Å². The van der Waals surface area contributed by atoms with Crippen LogP contribution in [-0.2, 0) is 47.0 Å². The molecule has 3 fully saturated rings. The Bertz CT molecular complexity index is 2060. The number of nitrogens with zero attached hydrogens (tertiary/aromatic N) is 2. The van der Waals surface area contributed by atoms with Gasteiger partial charge in [-0.15, -0.1) is 6.58 Å². The van der Waals surface area contributed by atoms with Crippen molar-refractivity contribution in [1.29, 1.82) is 0 Å². The van der Waals surface area contributed by atoms with E-state index in [-0.39, 0.29) is 49.9 Å². The van der Waals surface area contributed by atoms with Crippen LogP contribution >= 0.6 is 0 Å². The van der Waals surface area contributed by atoms with Crippen LogP contribution in [0.1, 0.15) is 94.6 Å². The summed E-state index contributed by atoms with van der Waals surface area (Å²) >= 11 is 0. The number of fused-ring (bicyclic) bond motifs is 3. The second-order valence-corrected chi connectivity index (χ2v) is 17.9. The third-order valence-corrected chi connectivity index (χ3v) is 13.5. The lowest BCUT2D eigenvalue weighted by Gasteiger charge is -2.30. The number of sulfonamides is 1. The van der Waals surface area contributed by atoms with Crippen molar-refractivity contribution in [2.75, 3.05) is 18.4 Å². The second-order valence-electron chi connectivity index (χ2n) is 16.3. The summed E-state index contributed by atoms with van der Waals surface area (Å²) in [5.41, 5.74) is -0.344. The van der Waals surface area contributed by atoms with Crippen molar-refractivity contribution in [3.05, 3.63) is 72.1 Å². The van der Waals surface area contributed by atoms with Crippen LogP contribution in [0.25, 0.3) is 0 Å². The van der Waals surface area contributed by atoms with Gasteiger partial charge in [-0.05, 0) is 68.7 Å². The predicted molar refractivity (Wildman–Crippen MR) is 213 cm³/mol. The number of hydrogen-bond donors (Lipinski definition) is 4. The standard InChI is InChI=1S/C42H53FN6O9S/c1-2-28-23-42(28)39(52)47-59(55,56)36-20-11-10-18-33(36)44-21-12-6-4-3-5-7-19-34(45-40(53)57-29-15-8-9-16-29)38(51)49-25-30(22-35(49)37(50)46-42)58-41(54)48-24-27-14-13-17-32(43)31(27)26-48/h2,10-11,13-14,17-18,20,28-30,34-35,44H,1,3-9,12,15-16,19,21-26H2,(H,45,53)(H,46,50)(H,47,52)/t28-,30-,34+,35+,42-/m1/s1. The van der Waals surface area contributed by atoms with Crippen LogP contribution in [0.3, 0.4) is 0 Å². The maximum absolute atomic E-state index is 14.6. The van der Waals surface area contributed by atoms with Crippen molar-refractivity contribution in [1.82, 2.24) is 25.2 Å². The number of para-hydroxylation sites is 1. The molecule has 17 heteroatoms. The number of ether oxygens (including phenoxy) is 2. The highest BCUT2D eigenvalue weighted by molar-refractivity contribution is 7.90. The van der Waals surface area contributed by atoms with E-state index in [4.69, 9.17) is 9.47 Å². The molecule has 0 aromatic heterocycles. The molecule has 7 rings (SSSR count). The van der Waals surface area contributed by atoms with Gasteiger partial charge in [0.25, 0.3) is 15.9 Å². The summed E-state index contributed by atoms with van der Waals surface area (Å²) < 4.78 is 55.7. The Labute approximate surface area is 343 Å². The first-order chi connectivity index (χ1) is 28.4. The molecular weight excluding hydrogens is 784 g/mol. The molecule has 0 bridgehead atoms. The highest BCUT2D eigenvalue weighted by Crippen LogP contribution is 2.45. The first-order valence-corrected chi connectivity index (χ1v) is 22.2. The van der Waals surface area contributed by atoms with Crippen LogP contribution in [0.5, 0.6) is 0 Å². The number of carbonyl (C=O) groups excluding carboxylic acids is 5. The topological polar surface area (TPSA) is 193 Å². The number of halogens is 1. The van der Waals surface area contributed by atoms with E-state index in [0.29, 0.717) is 29.8 Å². The highest BCUT2D eigenvalue weighted by Gasteiger charge is 2.61. The summed E-state index contributed by atoms with van der Waals surface area (Å²) in [5.74, 6) is -3.40. The lowest BCUT2D eigenvalue weighted by atomic mass is 10.0. The summed E-state index contributed by atoms with van der Waals surface area (Å²) in [6, 6.07) is 8.51. The third-order valence-electron chi connectivity index (χ3n) is 12.2. The van der Waals surface area contributed by atoms with Gasteiger partial charge < -0.3 is 30.3 Å². The minimum absolute atomic E-state index is 0.0146. The number of hydrogen-bond acceptors (Lipinski definition) is 10. The zero-order valence-corrected chi connectivity index (χ0v) is 33.9. The van der Waals surface area contributed by atoms with Gasteiger partial charge in [0.05, 0.1) is 18.8 Å². The molecule has 59 heavy (non-hydrogen) atoms. The monoisotopic (exact) mass is 836 g/mol. The molecule has 1 saturated heterocycles. The van der Waals surface area contributed by atoms with Gasteiger partial charge in [0.2, 0.25) is 11.8 Å². The molecule has 15 nitrogen and oxygen atoms in total. The zero-order valence-electron chi connectivity index (χ0n) is 33.1. The van der Waals surface area contributed by atoms with Gasteiger partial charge in [-0.2, -0.15) is 0 Å². The van der Waals surface area contributed by atoms with Crippen molar-refractivity contribution in [3.8, 4) is 0 Å². The summed E-state index contributed by atoms with van der Waals surface area (Å²) in [6.45, 7) is 4.18. The minimum Gasteiger partial charge on any atom is -0.446 e. The Morgan fingerprint density at radius 3 is 2.37 bits per heavy atom. The Hall–Kier alpha value is -5.19. The molecule has 4 N–H and O–H groups in total. The van der Waals surface area contributed by atoms with Crippen molar-refractivity contribution >= 4 is 45.6 Å². The summed E-state index contributed by atoms with van der Waals surface area (Å²) in [4.78, 5) is 72.2. The van der Waals surface area contributed by atoms with E-state index >= 15 is 0 Å². The molecule has 3 aliphatic heterocycles. The zero-order chi connectivity index (χ0) is 41.7. The maximum Gasteiger partial charge on any atom is 0.410 e. The molecule has 3 heterocycles. The normalized spacial score (nSPS) is 27.8. The Kier molecular flexibility index (Phi) is 12.8. The molecule has 0 radical (unpaired) electrons. The van der Waals surface area contributed by atoms with Gasteiger partial charge in [0.15, 0.2) is 0 Å². The fourth-order valence-electron chi connectivity index (χ4n) is 8.75. The third kappa shape index (κ3) is 9.50. The Morgan fingerprint density at radius 1 is 0.898 bits per heavy atom. The average molecular weight is 837 g/mol. The number of carbonyl (C=O) groups is 5. The summed E-state index contributed by atoms with van der Waals surface area (Å²) in [6.07, 6.45) is 6.90. The van der Waals surface area contributed by atoms with Gasteiger partial charge >= 0.3 is 12.2 Å². The molecule has 1 spiro atoms.